The second kappa shape index (κ2) is 8.24. The number of aromatic nitrogens is 3. The largest absolute Gasteiger partial charge is 0.366 e. The number of rotatable bonds is 5. The number of carbonyl (C=O) groups is 2. The first-order chi connectivity index (χ1) is 13.6. The first-order valence-electron chi connectivity index (χ1n) is 9.82. The number of nitrogens with two attached hydrogens (primary N) is 1. The van der Waals surface area contributed by atoms with E-state index in [1.54, 1.807) is 12.5 Å². The third kappa shape index (κ3) is 4.00. The Labute approximate surface area is 163 Å². The van der Waals surface area contributed by atoms with E-state index in [1.165, 1.54) is 12.8 Å². The van der Waals surface area contributed by atoms with E-state index in [0.29, 0.717) is 29.1 Å². The molecule has 1 aromatic heterocycles. The Morgan fingerprint density at radius 2 is 1.93 bits per heavy atom. The summed E-state index contributed by atoms with van der Waals surface area (Å²) in [5.74, 6) is -0.510. The number of nitrogens with zero attached hydrogens (tertiary/aromatic N) is 4. The lowest BCUT2D eigenvalue weighted by atomic mass is 10.0. The van der Waals surface area contributed by atoms with Gasteiger partial charge in [0, 0.05) is 32.2 Å². The molecule has 4 N–H and O–H groups in total. The molecular weight excluding hydrogens is 358 g/mol. The van der Waals surface area contributed by atoms with Crippen molar-refractivity contribution < 1.29 is 9.59 Å². The average Bonchev–Trinajstić information content (AvgIpc) is 3.20. The van der Waals surface area contributed by atoms with Crippen LogP contribution in [0.4, 0.5) is 0 Å². The summed E-state index contributed by atoms with van der Waals surface area (Å²) in [5.41, 5.74) is 7.70. The van der Waals surface area contributed by atoms with Gasteiger partial charge < -0.3 is 16.0 Å². The van der Waals surface area contributed by atoms with E-state index in [0.717, 1.165) is 44.8 Å². The first-order valence-corrected chi connectivity index (χ1v) is 9.82. The summed E-state index contributed by atoms with van der Waals surface area (Å²) < 4.78 is 0. The number of aromatic amines is 1. The normalized spacial score (nSPS) is 19.2. The smallest absolute Gasteiger partial charge is 0.250 e. The van der Waals surface area contributed by atoms with Crippen molar-refractivity contribution in [2.24, 2.45) is 5.73 Å². The summed E-state index contributed by atoms with van der Waals surface area (Å²) in [6.45, 7) is 5.55. The molecule has 1 aromatic carbocycles. The molecule has 9 nitrogen and oxygen atoms in total. The summed E-state index contributed by atoms with van der Waals surface area (Å²) in [7, 11) is 0. The number of H-pyrrole nitrogens is 1. The zero-order valence-electron chi connectivity index (χ0n) is 15.9. The summed E-state index contributed by atoms with van der Waals surface area (Å²) in [5, 5.41) is 13.8. The fourth-order valence-corrected chi connectivity index (χ4v) is 4.14. The molecule has 0 saturated carbocycles. The Balaban J connectivity index is 1.32. The minimum absolute atomic E-state index is 0.0332. The predicted molar refractivity (Wildman–Crippen MR) is 104 cm³/mol. The second-order valence-electron chi connectivity index (χ2n) is 7.46. The van der Waals surface area contributed by atoms with Crippen LogP contribution in [0.2, 0.25) is 0 Å². The van der Waals surface area contributed by atoms with Gasteiger partial charge in [0.15, 0.2) is 0 Å². The Bertz CT molecular complexity index is 851. The molecule has 4 rings (SSSR count). The predicted octanol–water partition coefficient (Wildman–Crippen LogP) is -0.300. The first kappa shape index (κ1) is 18.8. The minimum atomic E-state index is -0.543. The van der Waals surface area contributed by atoms with Gasteiger partial charge >= 0.3 is 0 Å². The van der Waals surface area contributed by atoms with Crippen LogP contribution in [0.5, 0.6) is 0 Å². The zero-order valence-corrected chi connectivity index (χ0v) is 15.9. The van der Waals surface area contributed by atoms with Crippen molar-refractivity contribution in [3.8, 4) is 0 Å². The van der Waals surface area contributed by atoms with E-state index in [1.807, 2.05) is 11.0 Å². The van der Waals surface area contributed by atoms with Crippen molar-refractivity contribution in [2.75, 3.05) is 39.3 Å². The van der Waals surface area contributed by atoms with E-state index in [4.69, 9.17) is 5.73 Å². The lowest BCUT2D eigenvalue weighted by Crippen LogP contribution is -2.54. The fourth-order valence-electron chi connectivity index (χ4n) is 4.14. The SMILES string of the molecule is NC(=O)c1cc(C[CH]C(=O)N2CCN(C3CCNCC3)CC2)cc2nn[nH]c12. The van der Waals surface area contributed by atoms with Crippen molar-refractivity contribution in [3.05, 3.63) is 29.7 Å². The highest BCUT2D eigenvalue weighted by Crippen LogP contribution is 2.19. The number of piperidine rings is 1. The number of piperazine rings is 1. The van der Waals surface area contributed by atoms with Gasteiger partial charge in [-0.1, -0.05) is 5.21 Å². The molecule has 0 atom stereocenters. The van der Waals surface area contributed by atoms with Crippen LogP contribution in [-0.2, 0) is 11.2 Å². The maximum atomic E-state index is 12.6. The van der Waals surface area contributed by atoms with Crippen molar-refractivity contribution in [2.45, 2.75) is 25.3 Å². The Hall–Kier alpha value is -2.52. The minimum Gasteiger partial charge on any atom is -0.366 e. The average molecular weight is 384 g/mol. The van der Waals surface area contributed by atoms with Gasteiger partial charge in [-0.25, -0.2) is 0 Å². The second-order valence-corrected chi connectivity index (χ2v) is 7.46. The maximum absolute atomic E-state index is 12.6. The topological polar surface area (TPSA) is 120 Å². The summed E-state index contributed by atoms with van der Waals surface area (Å²) in [6.07, 6.45) is 4.47. The highest BCUT2D eigenvalue weighted by Gasteiger charge is 2.27. The van der Waals surface area contributed by atoms with E-state index in [2.05, 4.69) is 25.6 Å². The summed E-state index contributed by atoms with van der Waals surface area (Å²) >= 11 is 0. The number of hydrogen-bond donors (Lipinski definition) is 3. The van der Waals surface area contributed by atoms with Gasteiger partial charge in [-0.2, -0.15) is 0 Å². The molecule has 0 unspecified atom stereocenters. The van der Waals surface area contributed by atoms with Crippen molar-refractivity contribution in [3.63, 3.8) is 0 Å². The molecule has 2 aliphatic rings. The third-order valence-corrected chi connectivity index (χ3v) is 5.73. The molecule has 9 heteroatoms. The molecule has 0 bridgehead atoms. The molecule has 2 aliphatic heterocycles. The molecule has 28 heavy (non-hydrogen) atoms. The van der Waals surface area contributed by atoms with Gasteiger partial charge in [-0.15, -0.1) is 5.10 Å². The molecule has 2 saturated heterocycles. The number of carbonyl (C=O) groups excluding carboxylic acids is 2. The molecule has 2 fully saturated rings. The van der Waals surface area contributed by atoms with E-state index < -0.39 is 5.91 Å². The molecule has 2 amide bonds. The van der Waals surface area contributed by atoms with Gasteiger partial charge in [-0.05, 0) is 50.0 Å². The fraction of sp³-hybridized carbons (Fsp3) is 0.526. The highest BCUT2D eigenvalue weighted by atomic mass is 16.2. The van der Waals surface area contributed by atoms with Crippen LogP contribution in [0.25, 0.3) is 11.0 Å². The van der Waals surface area contributed by atoms with Crippen LogP contribution < -0.4 is 11.1 Å². The number of hydrogen-bond acceptors (Lipinski definition) is 6. The lowest BCUT2D eigenvalue weighted by molar-refractivity contribution is -0.129. The van der Waals surface area contributed by atoms with Gasteiger partial charge in [0.25, 0.3) is 5.91 Å². The number of fused-ring (bicyclic) bond motifs is 1. The monoisotopic (exact) mass is 384 g/mol. The number of nitrogens with one attached hydrogen (secondary N) is 2. The van der Waals surface area contributed by atoms with E-state index >= 15 is 0 Å². The van der Waals surface area contributed by atoms with Crippen molar-refractivity contribution in [1.29, 1.82) is 0 Å². The van der Waals surface area contributed by atoms with Crippen LogP contribution in [0.3, 0.4) is 0 Å². The lowest BCUT2D eigenvalue weighted by Gasteiger charge is -2.40. The molecule has 2 aromatic rings. The van der Waals surface area contributed by atoms with Crippen LogP contribution in [0, 0.1) is 6.42 Å². The molecule has 149 valence electrons. The van der Waals surface area contributed by atoms with Crippen LogP contribution in [0.15, 0.2) is 12.1 Å². The quantitative estimate of drug-likeness (QED) is 0.651. The van der Waals surface area contributed by atoms with Crippen LogP contribution in [0.1, 0.15) is 28.8 Å². The van der Waals surface area contributed by atoms with Crippen LogP contribution in [-0.4, -0.2) is 82.3 Å². The standard InChI is InChI=1S/C19H26N7O2/c20-19(28)15-11-13(12-16-18(15)23-24-22-16)1-2-17(27)26-9-7-25(8-10-26)14-3-5-21-6-4-14/h2,11-12,14,21H,1,3-10H2,(H2,20,28)(H,22,23,24). The molecule has 0 aliphatic carbocycles. The number of primary amides is 1. The molecule has 1 radical (unpaired) electrons. The summed E-state index contributed by atoms with van der Waals surface area (Å²) in [6, 6.07) is 4.16. The number of benzene rings is 1. The molecule has 3 heterocycles. The molecule has 0 spiro atoms. The number of amides is 2. The maximum Gasteiger partial charge on any atom is 0.250 e. The van der Waals surface area contributed by atoms with Gasteiger partial charge in [0.2, 0.25) is 5.91 Å². The zero-order chi connectivity index (χ0) is 19.5. The van der Waals surface area contributed by atoms with Crippen LogP contribution >= 0.6 is 0 Å². The highest BCUT2D eigenvalue weighted by molar-refractivity contribution is 6.04. The van der Waals surface area contributed by atoms with Gasteiger partial charge in [0.1, 0.15) is 5.52 Å². The Kier molecular flexibility index (Phi) is 5.54. The summed E-state index contributed by atoms with van der Waals surface area (Å²) in [4.78, 5) is 28.7. The van der Waals surface area contributed by atoms with Crippen molar-refractivity contribution in [1.82, 2.24) is 30.5 Å². The van der Waals surface area contributed by atoms with Gasteiger partial charge in [0.05, 0.1) is 17.5 Å². The van der Waals surface area contributed by atoms with Gasteiger partial charge in [-0.3, -0.25) is 19.6 Å². The van der Waals surface area contributed by atoms with Crippen molar-refractivity contribution >= 4 is 22.8 Å². The Morgan fingerprint density at radius 3 is 2.64 bits per heavy atom. The molecular formula is C19H26N7O2. The third-order valence-electron chi connectivity index (χ3n) is 5.73. The Morgan fingerprint density at radius 1 is 1.18 bits per heavy atom. The van der Waals surface area contributed by atoms with E-state index in [-0.39, 0.29) is 5.91 Å². The van der Waals surface area contributed by atoms with E-state index in [9.17, 15) is 9.59 Å².